The average molecular weight is 227 g/mol. The molecule has 1 aromatic rings. The van der Waals surface area contributed by atoms with Gasteiger partial charge in [0.1, 0.15) is 0 Å². The Balaban J connectivity index is 2.56. The minimum Gasteiger partial charge on any atom is -0.330 e. The molecule has 0 saturated carbocycles. The average Bonchev–Trinajstić information content (AvgIpc) is 2.19. The van der Waals surface area contributed by atoms with E-state index >= 15 is 0 Å². The number of benzene rings is 1. The standard InChI is InChI=1S/C12H19ClN2/c1-10-8-12(13)5-4-11(10)9-15(2)7-3-6-14/h4-5,8H,3,6-7,9,14H2,1-2H3. The van der Waals surface area contributed by atoms with E-state index in [1.807, 2.05) is 12.1 Å². The van der Waals surface area contributed by atoms with Crippen LogP contribution >= 0.6 is 11.6 Å². The molecule has 15 heavy (non-hydrogen) atoms. The monoisotopic (exact) mass is 226 g/mol. The molecule has 0 radical (unpaired) electrons. The topological polar surface area (TPSA) is 29.3 Å². The number of halogens is 1. The summed E-state index contributed by atoms with van der Waals surface area (Å²) >= 11 is 5.91. The predicted octanol–water partition coefficient (Wildman–Crippen LogP) is 2.43. The van der Waals surface area contributed by atoms with Crippen LogP contribution in [0.2, 0.25) is 5.02 Å². The van der Waals surface area contributed by atoms with Crippen LogP contribution in [0.1, 0.15) is 17.5 Å². The summed E-state index contributed by atoms with van der Waals surface area (Å²) in [5.74, 6) is 0. The van der Waals surface area contributed by atoms with E-state index in [-0.39, 0.29) is 0 Å². The van der Waals surface area contributed by atoms with Crippen molar-refractivity contribution in [2.45, 2.75) is 19.9 Å². The minimum absolute atomic E-state index is 0.754. The second-order valence-electron chi connectivity index (χ2n) is 3.95. The molecule has 1 rings (SSSR count). The van der Waals surface area contributed by atoms with Gasteiger partial charge in [-0.3, -0.25) is 0 Å². The molecule has 0 bridgehead atoms. The number of nitrogens with two attached hydrogens (primary N) is 1. The van der Waals surface area contributed by atoms with E-state index in [4.69, 9.17) is 17.3 Å². The van der Waals surface area contributed by atoms with E-state index in [9.17, 15) is 0 Å². The van der Waals surface area contributed by atoms with Crippen LogP contribution in [-0.4, -0.2) is 25.0 Å². The van der Waals surface area contributed by atoms with Crippen LogP contribution in [0.15, 0.2) is 18.2 Å². The summed E-state index contributed by atoms with van der Waals surface area (Å²) in [7, 11) is 2.11. The lowest BCUT2D eigenvalue weighted by molar-refractivity contribution is 0.323. The Morgan fingerprint density at radius 3 is 2.73 bits per heavy atom. The predicted molar refractivity (Wildman–Crippen MR) is 66.2 cm³/mol. The smallest absolute Gasteiger partial charge is 0.0408 e. The third-order valence-electron chi connectivity index (χ3n) is 2.49. The summed E-state index contributed by atoms with van der Waals surface area (Å²) < 4.78 is 0. The van der Waals surface area contributed by atoms with Crippen LogP contribution in [0.25, 0.3) is 0 Å². The van der Waals surface area contributed by atoms with Crippen molar-refractivity contribution in [3.05, 3.63) is 34.3 Å². The molecule has 0 aliphatic heterocycles. The fourth-order valence-corrected chi connectivity index (χ4v) is 1.79. The minimum atomic E-state index is 0.754. The highest BCUT2D eigenvalue weighted by atomic mass is 35.5. The van der Waals surface area contributed by atoms with Crippen LogP contribution in [0.4, 0.5) is 0 Å². The van der Waals surface area contributed by atoms with Gasteiger partial charge in [-0.15, -0.1) is 0 Å². The Kier molecular flexibility index (Phi) is 5.09. The summed E-state index contributed by atoms with van der Waals surface area (Å²) in [5, 5.41) is 0.806. The molecule has 0 aliphatic carbocycles. The summed E-state index contributed by atoms with van der Waals surface area (Å²) in [4.78, 5) is 2.28. The van der Waals surface area contributed by atoms with Gasteiger partial charge in [0.2, 0.25) is 0 Å². The van der Waals surface area contributed by atoms with Gasteiger partial charge in [0.05, 0.1) is 0 Å². The third kappa shape index (κ3) is 4.20. The van der Waals surface area contributed by atoms with Gasteiger partial charge in [-0.25, -0.2) is 0 Å². The van der Waals surface area contributed by atoms with Crippen molar-refractivity contribution in [3.8, 4) is 0 Å². The zero-order chi connectivity index (χ0) is 11.3. The summed E-state index contributed by atoms with van der Waals surface area (Å²) in [5.41, 5.74) is 8.06. The maximum absolute atomic E-state index is 5.91. The van der Waals surface area contributed by atoms with Crippen LogP contribution in [0.5, 0.6) is 0 Å². The highest BCUT2D eigenvalue weighted by Gasteiger charge is 2.03. The van der Waals surface area contributed by atoms with Crippen LogP contribution in [0, 0.1) is 6.92 Å². The molecule has 1 aromatic carbocycles. The summed E-state index contributed by atoms with van der Waals surface area (Å²) in [6, 6.07) is 6.05. The number of aryl methyl sites for hydroxylation is 1. The molecule has 0 aromatic heterocycles. The molecule has 0 unspecified atom stereocenters. The molecule has 0 saturated heterocycles. The lowest BCUT2D eigenvalue weighted by Crippen LogP contribution is -2.21. The number of rotatable bonds is 5. The molecular formula is C12H19ClN2. The molecule has 3 heteroatoms. The Hall–Kier alpha value is -0.570. The molecule has 84 valence electrons. The summed E-state index contributed by atoms with van der Waals surface area (Å²) in [6.45, 7) is 4.85. The van der Waals surface area contributed by atoms with Crippen molar-refractivity contribution in [2.75, 3.05) is 20.1 Å². The van der Waals surface area contributed by atoms with Gasteiger partial charge in [-0.1, -0.05) is 17.7 Å². The number of hydrogen-bond acceptors (Lipinski definition) is 2. The zero-order valence-corrected chi connectivity index (χ0v) is 10.2. The third-order valence-corrected chi connectivity index (χ3v) is 2.72. The second kappa shape index (κ2) is 6.11. The Labute approximate surface area is 97.0 Å². The van der Waals surface area contributed by atoms with Crippen molar-refractivity contribution in [2.24, 2.45) is 5.73 Å². The molecule has 2 N–H and O–H groups in total. The van der Waals surface area contributed by atoms with Gasteiger partial charge in [-0.05, 0) is 56.7 Å². The van der Waals surface area contributed by atoms with Crippen molar-refractivity contribution < 1.29 is 0 Å². The van der Waals surface area contributed by atoms with Crippen LogP contribution < -0.4 is 5.73 Å². The highest BCUT2D eigenvalue weighted by molar-refractivity contribution is 6.30. The van der Waals surface area contributed by atoms with Crippen molar-refractivity contribution >= 4 is 11.6 Å². The molecule has 0 aliphatic rings. The molecule has 0 heterocycles. The molecule has 0 spiro atoms. The molecular weight excluding hydrogens is 208 g/mol. The first-order valence-corrected chi connectivity index (χ1v) is 5.65. The molecule has 2 nitrogen and oxygen atoms in total. The Morgan fingerprint density at radius 1 is 1.40 bits per heavy atom. The highest BCUT2D eigenvalue weighted by Crippen LogP contribution is 2.16. The van der Waals surface area contributed by atoms with Crippen molar-refractivity contribution in [1.29, 1.82) is 0 Å². The molecule has 0 fully saturated rings. The largest absolute Gasteiger partial charge is 0.330 e. The van der Waals surface area contributed by atoms with Crippen LogP contribution in [-0.2, 0) is 6.54 Å². The first kappa shape index (κ1) is 12.5. The molecule has 0 amide bonds. The van der Waals surface area contributed by atoms with Gasteiger partial charge < -0.3 is 10.6 Å². The fraction of sp³-hybridized carbons (Fsp3) is 0.500. The van der Waals surface area contributed by atoms with Crippen molar-refractivity contribution in [1.82, 2.24) is 4.90 Å². The lowest BCUT2D eigenvalue weighted by Gasteiger charge is -2.17. The van der Waals surface area contributed by atoms with Gasteiger partial charge in [0.25, 0.3) is 0 Å². The van der Waals surface area contributed by atoms with Gasteiger partial charge >= 0.3 is 0 Å². The maximum atomic E-state index is 5.91. The number of nitrogens with zero attached hydrogens (tertiary/aromatic N) is 1. The summed E-state index contributed by atoms with van der Waals surface area (Å²) in [6.07, 6.45) is 1.04. The Bertz CT molecular complexity index is 312. The van der Waals surface area contributed by atoms with E-state index in [0.29, 0.717) is 0 Å². The quantitative estimate of drug-likeness (QED) is 0.836. The first-order valence-electron chi connectivity index (χ1n) is 5.27. The second-order valence-corrected chi connectivity index (χ2v) is 4.39. The van der Waals surface area contributed by atoms with E-state index in [0.717, 1.165) is 31.1 Å². The van der Waals surface area contributed by atoms with E-state index in [1.54, 1.807) is 0 Å². The Morgan fingerprint density at radius 2 is 2.13 bits per heavy atom. The van der Waals surface area contributed by atoms with Gasteiger partial charge in [0, 0.05) is 11.6 Å². The maximum Gasteiger partial charge on any atom is 0.0408 e. The van der Waals surface area contributed by atoms with E-state index in [1.165, 1.54) is 11.1 Å². The van der Waals surface area contributed by atoms with Gasteiger partial charge in [-0.2, -0.15) is 0 Å². The SMILES string of the molecule is Cc1cc(Cl)ccc1CN(C)CCCN. The lowest BCUT2D eigenvalue weighted by atomic mass is 10.1. The fourth-order valence-electron chi connectivity index (χ4n) is 1.57. The molecule has 0 atom stereocenters. The normalized spacial score (nSPS) is 11.0. The number of hydrogen-bond donors (Lipinski definition) is 1. The van der Waals surface area contributed by atoms with Crippen LogP contribution in [0.3, 0.4) is 0 Å². The van der Waals surface area contributed by atoms with E-state index < -0.39 is 0 Å². The first-order chi connectivity index (χ1) is 7.13. The van der Waals surface area contributed by atoms with E-state index in [2.05, 4.69) is 24.9 Å². The van der Waals surface area contributed by atoms with Crippen molar-refractivity contribution in [3.63, 3.8) is 0 Å². The van der Waals surface area contributed by atoms with Gasteiger partial charge in [0.15, 0.2) is 0 Å². The zero-order valence-electron chi connectivity index (χ0n) is 9.46.